The molecule has 46 heavy (non-hydrogen) atoms. The molecule has 0 bridgehead atoms. The van der Waals surface area contributed by atoms with E-state index in [0.717, 1.165) is 41.6 Å². The van der Waals surface area contributed by atoms with Crippen molar-refractivity contribution in [1.29, 1.82) is 0 Å². The lowest BCUT2D eigenvalue weighted by atomic mass is 9.90. The highest BCUT2D eigenvalue weighted by Crippen LogP contribution is 2.42. The van der Waals surface area contributed by atoms with Crippen molar-refractivity contribution in [2.75, 3.05) is 13.1 Å². The third kappa shape index (κ3) is 6.64. The molecule has 3 aliphatic rings. The molecule has 9 heteroatoms. The van der Waals surface area contributed by atoms with E-state index in [2.05, 4.69) is 11.8 Å². The number of rotatable bonds is 8. The summed E-state index contributed by atoms with van der Waals surface area (Å²) in [5.41, 5.74) is 3.72. The van der Waals surface area contributed by atoms with Crippen molar-refractivity contribution in [1.82, 2.24) is 9.80 Å². The van der Waals surface area contributed by atoms with Gasteiger partial charge >= 0.3 is 5.97 Å². The van der Waals surface area contributed by atoms with E-state index in [9.17, 15) is 19.5 Å². The first-order valence-electron chi connectivity index (χ1n) is 16.0. The van der Waals surface area contributed by atoms with Gasteiger partial charge in [-0.2, -0.15) is 0 Å². The molecule has 0 aromatic heterocycles. The minimum Gasteiger partial charge on any atom is -0.459 e. The average molecular weight is 627 g/mol. The van der Waals surface area contributed by atoms with Crippen LogP contribution < -0.4 is 0 Å². The predicted octanol–water partition coefficient (Wildman–Crippen LogP) is 5.57. The Balaban J connectivity index is 1.21. The number of ether oxygens (including phenoxy) is 3. The zero-order valence-electron chi connectivity index (χ0n) is 26.8. The third-order valence-electron chi connectivity index (χ3n) is 9.05. The number of aliphatic hydroxyl groups is 1. The SMILES string of the molecule is C[C@H]1[C@@H](CN2CCC[C@H]2C(=O)OC(C)(C)C)O[C@@H](c2ccc(CN3C(=O)c4ccccc4C3=O)cc2)O[C@H]1c1ccc(CO)cc1. The molecule has 0 aliphatic carbocycles. The maximum Gasteiger partial charge on any atom is 0.323 e. The zero-order valence-corrected chi connectivity index (χ0v) is 26.8. The van der Waals surface area contributed by atoms with Gasteiger partial charge in [-0.1, -0.05) is 67.6 Å². The number of carbonyl (C=O) groups is 3. The van der Waals surface area contributed by atoms with E-state index in [1.807, 2.05) is 69.3 Å². The summed E-state index contributed by atoms with van der Waals surface area (Å²) in [5.74, 6) is -0.820. The summed E-state index contributed by atoms with van der Waals surface area (Å²) >= 11 is 0. The normalized spacial score (nSPS) is 25.2. The molecule has 0 saturated carbocycles. The van der Waals surface area contributed by atoms with Crippen LogP contribution in [0.25, 0.3) is 0 Å². The van der Waals surface area contributed by atoms with Gasteiger partial charge in [-0.25, -0.2) is 0 Å². The quantitative estimate of drug-likeness (QED) is 0.256. The summed E-state index contributed by atoms with van der Waals surface area (Å²) in [6.45, 7) is 9.22. The highest BCUT2D eigenvalue weighted by molar-refractivity contribution is 6.21. The van der Waals surface area contributed by atoms with Crippen molar-refractivity contribution < 1.29 is 33.7 Å². The van der Waals surface area contributed by atoms with Gasteiger partial charge in [0, 0.05) is 18.0 Å². The lowest BCUT2D eigenvalue weighted by Gasteiger charge is -2.43. The number of amides is 2. The van der Waals surface area contributed by atoms with E-state index < -0.39 is 11.9 Å². The first kappa shape index (κ1) is 32.1. The lowest BCUT2D eigenvalue weighted by molar-refractivity contribution is -0.276. The van der Waals surface area contributed by atoms with Crippen LogP contribution in [-0.2, 0) is 32.2 Å². The average Bonchev–Trinajstić information content (AvgIpc) is 3.60. The maximum absolute atomic E-state index is 13.1. The van der Waals surface area contributed by atoms with E-state index in [0.29, 0.717) is 17.7 Å². The molecule has 3 heterocycles. The smallest absolute Gasteiger partial charge is 0.323 e. The Bertz CT molecular complexity index is 1550. The Morgan fingerprint density at radius 1 is 0.891 bits per heavy atom. The number of fused-ring (bicyclic) bond motifs is 1. The van der Waals surface area contributed by atoms with Crippen molar-refractivity contribution in [2.45, 2.75) is 83.8 Å². The first-order chi connectivity index (χ1) is 22.0. The molecule has 2 saturated heterocycles. The second-order valence-electron chi connectivity index (χ2n) is 13.5. The molecule has 0 unspecified atom stereocenters. The van der Waals surface area contributed by atoms with Crippen molar-refractivity contribution in [3.63, 3.8) is 0 Å². The summed E-state index contributed by atoms with van der Waals surface area (Å²) in [7, 11) is 0. The third-order valence-corrected chi connectivity index (χ3v) is 9.05. The highest BCUT2D eigenvalue weighted by Gasteiger charge is 2.42. The van der Waals surface area contributed by atoms with Crippen LogP contribution in [0.4, 0.5) is 0 Å². The summed E-state index contributed by atoms with van der Waals surface area (Å²) in [6, 6.07) is 21.9. The molecule has 1 N–H and O–H groups in total. The van der Waals surface area contributed by atoms with Gasteiger partial charge in [0.05, 0.1) is 36.5 Å². The largest absolute Gasteiger partial charge is 0.459 e. The fraction of sp³-hybridized carbons (Fsp3) is 0.432. The second-order valence-corrected chi connectivity index (χ2v) is 13.5. The second kappa shape index (κ2) is 13.1. The van der Waals surface area contributed by atoms with Gasteiger partial charge in [-0.3, -0.25) is 24.2 Å². The number of carbonyl (C=O) groups excluding carboxylic acids is 3. The Hall–Kier alpha value is -3.89. The van der Waals surface area contributed by atoms with Crippen LogP contribution in [0.15, 0.2) is 72.8 Å². The van der Waals surface area contributed by atoms with E-state index in [-0.39, 0.29) is 55.1 Å². The van der Waals surface area contributed by atoms with Crippen LogP contribution in [0.1, 0.15) is 95.9 Å². The van der Waals surface area contributed by atoms with Crippen LogP contribution in [0.3, 0.4) is 0 Å². The molecule has 0 radical (unpaired) electrons. The number of aliphatic hydroxyl groups excluding tert-OH is 1. The molecule has 0 spiro atoms. The predicted molar refractivity (Wildman–Crippen MR) is 170 cm³/mol. The number of esters is 1. The fourth-order valence-electron chi connectivity index (χ4n) is 6.59. The van der Waals surface area contributed by atoms with E-state index >= 15 is 0 Å². The summed E-state index contributed by atoms with van der Waals surface area (Å²) in [5, 5.41) is 9.58. The van der Waals surface area contributed by atoms with E-state index in [4.69, 9.17) is 14.2 Å². The van der Waals surface area contributed by atoms with Gasteiger partial charge in [-0.15, -0.1) is 0 Å². The molecule has 9 nitrogen and oxygen atoms in total. The van der Waals surface area contributed by atoms with Crippen molar-refractivity contribution in [3.8, 4) is 0 Å². The topological polar surface area (TPSA) is 106 Å². The molecule has 3 aromatic carbocycles. The lowest BCUT2D eigenvalue weighted by Crippen LogP contribution is -2.48. The Kier molecular flexibility index (Phi) is 9.12. The molecule has 242 valence electrons. The van der Waals surface area contributed by atoms with E-state index in [1.54, 1.807) is 24.3 Å². The summed E-state index contributed by atoms with van der Waals surface area (Å²) in [6.07, 6.45) is 0.432. The van der Waals surface area contributed by atoms with Crippen molar-refractivity contribution in [3.05, 3.63) is 106 Å². The highest BCUT2D eigenvalue weighted by atomic mass is 16.7. The van der Waals surface area contributed by atoms with Crippen LogP contribution in [-0.4, -0.2) is 63.5 Å². The van der Waals surface area contributed by atoms with Gasteiger partial charge in [0.2, 0.25) is 0 Å². The molecular formula is C37H42N2O7. The first-order valence-corrected chi connectivity index (χ1v) is 16.0. The van der Waals surface area contributed by atoms with Gasteiger partial charge in [0.25, 0.3) is 11.8 Å². The Morgan fingerprint density at radius 2 is 1.50 bits per heavy atom. The molecule has 2 amide bonds. The molecule has 2 fully saturated rings. The van der Waals surface area contributed by atoms with Gasteiger partial charge < -0.3 is 19.3 Å². The van der Waals surface area contributed by atoms with Crippen LogP contribution in [0.5, 0.6) is 0 Å². The van der Waals surface area contributed by atoms with Gasteiger partial charge in [0.1, 0.15) is 11.6 Å². The van der Waals surface area contributed by atoms with Crippen molar-refractivity contribution in [2.24, 2.45) is 5.92 Å². The van der Waals surface area contributed by atoms with Crippen molar-refractivity contribution >= 4 is 17.8 Å². The molecular weight excluding hydrogens is 584 g/mol. The number of hydrogen-bond acceptors (Lipinski definition) is 8. The number of nitrogens with zero attached hydrogens (tertiary/aromatic N) is 2. The number of hydrogen-bond donors (Lipinski definition) is 1. The van der Waals surface area contributed by atoms with Crippen LogP contribution in [0, 0.1) is 5.92 Å². The number of imide groups is 1. The molecule has 3 aromatic rings. The summed E-state index contributed by atoms with van der Waals surface area (Å²) < 4.78 is 19.0. The van der Waals surface area contributed by atoms with Gasteiger partial charge in [-0.05, 0) is 69.0 Å². The molecule has 6 rings (SSSR count). The number of benzene rings is 3. The summed E-state index contributed by atoms with van der Waals surface area (Å²) in [4.78, 5) is 42.3. The molecule has 3 aliphatic heterocycles. The minimum absolute atomic E-state index is 0.0378. The standard InChI is InChI=1S/C37H42N2O7/c1-23-31(21-38-19-7-10-30(38)35(43)46-37(2,3)4)44-36(45-32(23)26-15-13-25(22-40)14-16-26)27-17-11-24(12-18-27)20-39-33(41)28-8-5-6-9-29(28)34(39)42/h5-6,8-9,11-18,23,30-32,36,40H,7,10,19-22H2,1-4H3/t23-,30-,31+,32+,36+/m0/s1. The monoisotopic (exact) mass is 626 g/mol. The minimum atomic E-state index is -0.681. The van der Waals surface area contributed by atoms with Crippen LogP contribution >= 0.6 is 0 Å². The van der Waals surface area contributed by atoms with Gasteiger partial charge in [0.15, 0.2) is 6.29 Å². The molecule has 5 atom stereocenters. The maximum atomic E-state index is 13.1. The van der Waals surface area contributed by atoms with Crippen LogP contribution in [0.2, 0.25) is 0 Å². The fourth-order valence-corrected chi connectivity index (χ4v) is 6.59. The van der Waals surface area contributed by atoms with E-state index in [1.165, 1.54) is 4.90 Å². The number of likely N-dealkylation sites (tertiary alicyclic amines) is 1. The Labute approximate surface area is 270 Å². The Morgan fingerprint density at radius 3 is 2.11 bits per heavy atom. The zero-order chi connectivity index (χ0) is 32.6.